The first kappa shape index (κ1) is 22.7. The molecule has 0 atom stereocenters. The van der Waals surface area contributed by atoms with Gasteiger partial charge in [0.2, 0.25) is 5.78 Å². The molecule has 0 spiro atoms. The van der Waals surface area contributed by atoms with Crippen molar-refractivity contribution < 1.29 is 19.2 Å². The number of benzene rings is 3. The zero-order valence-electron chi connectivity index (χ0n) is 19.8. The Balaban J connectivity index is 1.59. The van der Waals surface area contributed by atoms with E-state index in [0.29, 0.717) is 11.1 Å². The van der Waals surface area contributed by atoms with Crippen LogP contribution < -0.4 is 0 Å². The molecule has 3 aromatic carbocycles. The second kappa shape index (κ2) is 9.29. The van der Waals surface area contributed by atoms with Crippen LogP contribution in [-0.2, 0) is 22.6 Å². The summed E-state index contributed by atoms with van der Waals surface area (Å²) >= 11 is 0. The summed E-state index contributed by atoms with van der Waals surface area (Å²) in [6.45, 7) is 4.08. The number of carbonyl (C=O) groups excluding carboxylic acids is 3. The van der Waals surface area contributed by atoms with Crippen LogP contribution in [0.3, 0.4) is 0 Å². The van der Waals surface area contributed by atoms with Crippen LogP contribution in [0.2, 0.25) is 0 Å². The monoisotopic (exact) mass is 466 g/mol. The highest BCUT2D eigenvalue weighted by Gasteiger charge is 2.30. The van der Waals surface area contributed by atoms with E-state index in [1.807, 2.05) is 60.7 Å². The Labute approximate surface area is 203 Å². The van der Waals surface area contributed by atoms with E-state index in [1.165, 1.54) is 6.92 Å². The average Bonchev–Trinajstić information content (AvgIpc) is 3.68. The molecule has 5 rings (SSSR count). The predicted molar refractivity (Wildman–Crippen MR) is 136 cm³/mol. The molecule has 176 valence electrons. The second-order valence-corrected chi connectivity index (χ2v) is 8.96. The summed E-state index contributed by atoms with van der Waals surface area (Å²) in [5.41, 5.74) is 4.23. The Bertz CT molecular complexity index is 1490. The molecule has 6 nitrogen and oxygen atoms in total. The molecule has 0 unspecified atom stereocenters. The number of fused-ring (bicyclic) bond motifs is 3. The molecule has 1 saturated carbocycles. The van der Waals surface area contributed by atoms with E-state index in [0.717, 1.165) is 46.8 Å². The Hall–Kier alpha value is -4.06. The summed E-state index contributed by atoms with van der Waals surface area (Å²) in [6, 6.07) is 20.9. The summed E-state index contributed by atoms with van der Waals surface area (Å²) < 4.78 is 2.18. The quantitative estimate of drug-likeness (QED) is 0.143. The standard InChI is InChI=1S/C29H26N2O4/c1-3-31-26-13-11-21(28(33)20-9-10-20)16-23(26)24-17-22(12-14-27(24)31)29(34)25(30-35-18(2)32)15-19-7-5-4-6-8-19/h4-8,11-14,16-17,20H,3,9-10,15H2,1-2H3. The largest absolute Gasteiger partial charge is 0.341 e. The summed E-state index contributed by atoms with van der Waals surface area (Å²) in [7, 11) is 0. The Morgan fingerprint density at radius 1 is 0.914 bits per heavy atom. The molecule has 0 saturated heterocycles. The van der Waals surface area contributed by atoms with Crippen molar-refractivity contribution in [1.29, 1.82) is 0 Å². The van der Waals surface area contributed by atoms with E-state index in [1.54, 1.807) is 6.07 Å². The number of carbonyl (C=O) groups is 3. The van der Waals surface area contributed by atoms with E-state index in [9.17, 15) is 14.4 Å². The van der Waals surface area contributed by atoms with Crippen LogP contribution >= 0.6 is 0 Å². The summed E-state index contributed by atoms with van der Waals surface area (Å²) in [4.78, 5) is 42.5. The van der Waals surface area contributed by atoms with Crippen molar-refractivity contribution in [2.45, 2.75) is 39.7 Å². The smallest absolute Gasteiger partial charge is 0.331 e. The molecule has 1 aliphatic carbocycles. The lowest BCUT2D eigenvalue weighted by Crippen LogP contribution is -2.18. The van der Waals surface area contributed by atoms with Crippen LogP contribution in [0.5, 0.6) is 0 Å². The van der Waals surface area contributed by atoms with Crippen molar-refractivity contribution in [1.82, 2.24) is 4.57 Å². The van der Waals surface area contributed by atoms with Gasteiger partial charge in [-0.3, -0.25) is 9.59 Å². The molecule has 0 amide bonds. The first-order valence-corrected chi connectivity index (χ1v) is 11.9. The molecule has 6 heteroatoms. The number of aryl methyl sites for hydroxylation is 1. The molecular weight excluding hydrogens is 440 g/mol. The van der Waals surface area contributed by atoms with E-state index >= 15 is 0 Å². The van der Waals surface area contributed by atoms with Gasteiger partial charge in [0.15, 0.2) is 5.78 Å². The predicted octanol–water partition coefficient (Wildman–Crippen LogP) is 5.75. The second-order valence-electron chi connectivity index (χ2n) is 8.96. The molecule has 0 bridgehead atoms. The normalized spacial score (nSPS) is 13.8. The van der Waals surface area contributed by atoms with Crippen LogP contribution in [0, 0.1) is 5.92 Å². The number of hydrogen-bond donors (Lipinski definition) is 0. The van der Waals surface area contributed by atoms with Crippen LogP contribution in [-0.4, -0.2) is 27.8 Å². The molecule has 1 fully saturated rings. The number of nitrogens with zero attached hydrogens (tertiary/aromatic N) is 2. The molecule has 1 aromatic heterocycles. The number of hydrogen-bond acceptors (Lipinski definition) is 5. The fourth-order valence-electron chi connectivity index (χ4n) is 4.55. The maximum absolute atomic E-state index is 13.5. The van der Waals surface area contributed by atoms with Crippen molar-refractivity contribution in [2.75, 3.05) is 0 Å². The SMILES string of the molecule is CCn1c2ccc(C(=O)C(Cc3ccccc3)=NOC(C)=O)cc2c2cc(C(=O)C3CC3)ccc21. The van der Waals surface area contributed by atoms with Gasteiger partial charge in [0.25, 0.3) is 0 Å². The maximum atomic E-state index is 13.5. The summed E-state index contributed by atoms with van der Waals surface area (Å²) in [6.07, 6.45) is 2.15. The lowest BCUT2D eigenvalue weighted by atomic mass is 9.98. The third-order valence-corrected chi connectivity index (χ3v) is 6.44. The highest BCUT2D eigenvalue weighted by molar-refractivity contribution is 6.46. The Morgan fingerprint density at radius 2 is 1.54 bits per heavy atom. The van der Waals surface area contributed by atoms with Gasteiger partial charge in [0, 0.05) is 58.7 Å². The van der Waals surface area contributed by atoms with Crippen molar-refractivity contribution in [3.8, 4) is 0 Å². The van der Waals surface area contributed by atoms with Crippen molar-refractivity contribution >= 4 is 45.1 Å². The molecule has 1 aliphatic rings. The molecule has 4 aromatic rings. The van der Waals surface area contributed by atoms with Crippen LogP contribution in [0.1, 0.15) is 53.0 Å². The molecular formula is C29H26N2O4. The number of oxime groups is 1. The average molecular weight is 467 g/mol. The van der Waals surface area contributed by atoms with Gasteiger partial charge in [-0.1, -0.05) is 35.5 Å². The van der Waals surface area contributed by atoms with Gasteiger partial charge in [-0.15, -0.1) is 0 Å². The minimum Gasteiger partial charge on any atom is -0.341 e. The summed E-state index contributed by atoms with van der Waals surface area (Å²) in [5, 5.41) is 5.75. The van der Waals surface area contributed by atoms with Crippen molar-refractivity contribution in [2.24, 2.45) is 11.1 Å². The topological polar surface area (TPSA) is 77.7 Å². The lowest BCUT2D eigenvalue weighted by molar-refractivity contribution is -0.140. The third kappa shape index (κ3) is 4.52. The number of Topliss-reactive ketones (excluding diaryl/α,β-unsaturated/α-hetero) is 2. The van der Waals surface area contributed by atoms with Gasteiger partial charge in [-0.2, -0.15) is 0 Å². The fraction of sp³-hybridized carbons (Fsp3) is 0.241. The Kier molecular flexibility index (Phi) is 6.03. The molecule has 0 aliphatic heterocycles. The fourth-order valence-corrected chi connectivity index (χ4v) is 4.55. The minimum atomic E-state index is -0.585. The van der Waals surface area contributed by atoms with E-state index in [-0.39, 0.29) is 29.6 Å². The van der Waals surface area contributed by atoms with Gasteiger partial charge in [0.1, 0.15) is 5.71 Å². The van der Waals surface area contributed by atoms with Gasteiger partial charge < -0.3 is 9.40 Å². The van der Waals surface area contributed by atoms with Crippen molar-refractivity contribution in [3.05, 3.63) is 83.4 Å². The number of aromatic nitrogens is 1. The molecule has 1 heterocycles. The van der Waals surface area contributed by atoms with Crippen LogP contribution in [0.4, 0.5) is 0 Å². The third-order valence-electron chi connectivity index (χ3n) is 6.44. The van der Waals surface area contributed by atoms with E-state index in [2.05, 4.69) is 16.6 Å². The summed E-state index contributed by atoms with van der Waals surface area (Å²) in [5.74, 6) is -0.561. The first-order chi connectivity index (χ1) is 17.0. The van der Waals surface area contributed by atoms with Gasteiger partial charge in [0.05, 0.1) is 0 Å². The number of ketones is 2. The first-order valence-electron chi connectivity index (χ1n) is 11.9. The maximum Gasteiger partial charge on any atom is 0.331 e. The minimum absolute atomic E-state index is 0.141. The molecule has 0 radical (unpaired) electrons. The van der Waals surface area contributed by atoms with E-state index in [4.69, 9.17) is 4.84 Å². The van der Waals surface area contributed by atoms with Gasteiger partial charge in [-0.05, 0) is 61.7 Å². The highest BCUT2D eigenvalue weighted by Crippen LogP contribution is 2.35. The zero-order chi connectivity index (χ0) is 24.5. The Morgan fingerprint density at radius 3 is 2.14 bits per heavy atom. The lowest BCUT2D eigenvalue weighted by Gasteiger charge is -2.07. The zero-order valence-corrected chi connectivity index (χ0v) is 19.8. The highest BCUT2D eigenvalue weighted by atomic mass is 16.7. The van der Waals surface area contributed by atoms with Crippen LogP contribution in [0.25, 0.3) is 21.8 Å². The molecule has 35 heavy (non-hydrogen) atoms. The van der Waals surface area contributed by atoms with Gasteiger partial charge in [-0.25, -0.2) is 4.79 Å². The van der Waals surface area contributed by atoms with E-state index < -0.39 is 5.97 Å². The van der Waals surface area contributed by atoms with Crippen molar-refractivity contribution in [3.63, 3.8) is 0 Å². The number of rotatable bonds is 8. The molecule has 0 N–H and O–H groups in total. The van der Waals surface area contributed by atoms with Crippen LogP contribution in [0.15, 0.2) is 71.9 Å². The van der Waals surface area contributed by atoms with Gasteiger partial charge >= 0.3 is 5.97 Å².